The smallest absolute Gasteiger partial charge is 0.294 e. The third-order valence-electron chi connectivity index (χ3n) is 5.47. The minimum absolute atomic E-state index is 0.216. The number of unbranched alkanes of at least 4 members (excludes halogenated alkanes) is 3. The van der Waals surface area contributed by atoms with Gasteiger partial charge in [0, 0.05) is 50.0 Å². The lowest BCUT2D eigenvalue weighted by Gasteiger charge is -2.35. The number of rotatable bonds is 15. The van der Waals surface area contributed by atoms with Crippen molar-refractivity contribution >= 4 is 17.3 Å². The summed E-state index contributed by atoms with van der Waals surface area (Å²) in [5.74, 6) is 0. The van der Waals surface area contributed by atoms with E-state index in [4.69, 9.17) is 11.6 Å². The minimum atomic E-state index is -0.714. The Labute approximate surface area is 185 Å². The number of benzene rings is 1. The van der Waals surface area contributed by atoms with Crippen LogP contribution in [0.25, 0.3) is 0 Å². The predicted molar refractivity (Wildman–Crippen MR) is 123 cm³/mol. The Kier molecular flexibility index (Phi) is 11.6. The average molecular weight is 439 g/mol. The number of piperazine rings is 1. The van der Waals surface area contributed by atoms with Gasteiger partial charge in [-0.3, -0.25) is 0 Å². The maximum atomic E-state index is 10.1. The van der Waals surface area contributed by atoms with Gasteiger partial charge >= 0.3 is 0 Å². The third-order valence-corrected chi connectivity index (χ3v) is 5.73. The summed E-state index contributed by atoms with van der Waals surface area (Å²) in [6, 6.07) is 8.01. The lowest BCUT2D eigenvalue weighted by Crippen LogP contribution is -2.47. The Morgan fingerprint density at radius 3 is 2.23 bits per heavy atom. The fourth-order valence-corrected chi connectivity index (χ4v) is 3.91. The van der Waals surface area contributed by atoms with Crippen molar-refractivity contribution < 1.29 is 9.92 Å². The monoisotopic (exact) mass is 438 g/mol. The van der Waals surface area contributed by atoms with E-state index in [2.05, 4.69) is 38.2 Å². The molecule has 0 amide bonds. The van der Waals surface area contributed by atoms with Crippen LogP contribution in [0.15, 0.2) is 36.9 Å². The topological polar surface area (TPSA) is 62.1 Å². The van der Waals surface area contributed by atoms with Gasteiger partial charge in [-0.15, -0.1) is 16.7 Å². The number of hydrogen-bond acceptors (Lipinski definition) is 6. The molecule has 1 aliphatic rings. The van der Waals surface area contributed by atoms with Gasteiger partial charge in [0.15, 0.2) is 0 Å². The highest BCUT2D eigenvalue weighted by molar-refractivity contribution is 6.30. The summed E-state index contributed by atoms with van der Waals surface area (Å²) < 4.78 is 0. The van der Waals surface area contributed by atoms with Crippen LogP contribution in [0, 0.1) is 10.1 Å². The maximum Gasteiger partial charge on any atom is 0.294 e. The van der Waals surface area contributed by atoms with Crippen molar-refractivity contribution in [3.05, 3.63) is 52.1 Å². The Morgan fingerprint density at radius 1 is 1.03 bits per heavy atom. The predicted octanol–water partition coefficient (Wildman–Crippen LogP) is 4.11. The van der Waals surface area contributed by atoms with Crippen molar-refractivity contribution in [1.29, 1.82) is 0 Å². The summed E-state index contributed by atoms with van der Waals surface area (Å²) in [7, 11) is 0. The average Bonchev–Trinajstić information content (AvgIpc) is 2.74. The van der Waals surface area contributed by atoms with E-state index in [9.17, 15) is 10.1 Å². The van der Waals surface area contributed by atoms with E-state index in [0.29, 0.717) is 0 Å². The highest BCUT2D eigenvalue weighted by Crippen LogP contribution is 2.18. The van der Waals surface area contributed by atoms with Gasteiger partial charge in [0.1, 0.15) is 0 Å². The van der Waals surface area contributed by atoms with Crippen LogP contribution in [0.5, 0.6) is 0 Å². The zero-order chi connectivity index (χ0) is 21.6. The quantitative estimate of drug-likeness (QED) is 0.178. The molecule has 168 valence electrons. The van der Waals surface area contributed by atoms with Gasteiger partial charge in [0.2, 0.25) is 0 Å². The Balaban J connectivity index is 1.55. The van der Waals surface area contributed by atoms with Crippen LogP contribution < -0.4 is 4.90 Å². The van der Waals surface area contributed by atoms with E-state index in [-0.39, 0.29) is 6.61 Å². The van der Waals surface area contributed by atoms with Crippen LogP contribution in [0.3, 0.4) is 0 Å². The molecule has 1 aliphatic heterocycles. The molecule has 0 aliphatic carbocycles. The molecule has 2 rings (SSSR count). The van der Waals surface area contributed by atoms with E-state index in [1.165, 1.54) is 5.69 Å². The molecule has 7 nitrogen and oxygen atoms in total. The molecular formula is C22H35ClN4O3. The second-order valence-corrected chi connectivity index (χ2v) is 8.16. The van der Waals surface area contributed by atoms with Gasteiger partial charge < -0.3 is 19.5 Å². The van der Waals surface area contributed by atoms with Crippen molar-refractivity contribution in [3.63, 3.8) is 0 Å². The third kappa shape index (κ3) is 9.78. The largest absolute Gasteiger partial charge is 0.368 e. The minimum Gasteiger partial charge on any atom is -0.368 e. The summed E-state index contributed by atoms with van der Waals surface area (Å²) in [6.07, 6.45) is 7.07. The fourth-order valence-electron chi connectivity index (χ4n) is 3.79. The molecule has 0 radical (unpaired) electrons. The van der Waals surface area contributed by atoms with Crippen LogP contribution in [0.4, 0.5) is 5.69 Å². The van der Waals surface area contributed by atoms with Gasteiger partial charge in [-0.05, 0) is 56.6 Å². The van der Waals surface area contributed by atoms with Crippen LogP contribution in [-0.2, 0) is 4.84 Å². The van der Waals surface area contributed by atoms with Gasteiger partial charge in [-0.1, -0.05) is 30.5 Å². The van der Waals surface area contributed by atoms with Gasteiger partial charge in [0.25, 0.3) is 5.09 Å². The number of anilines is 1. The van der Waals surface area contributed by atoms with Crippen LogP contribution >= 0.6 is 11.6 Å². The van der Waals surface area contributed by atoms with E-state index < -0.39 is 5.09 Å². The van der Waals surface area contributed by atoms with Crippen molar-refractivity contribution in [2.24, 2.45) is 0 Å². The van der Waals surface area contributed by atoms with Crippen molar-refractivity contribution in [2.45, 2.75) is 32.1 Å². The first-order chi connectivity index (χ1) is 14.6. The van der Waals surface area contributed by atoms with Crippen LogP contribution in [0.2, 0.25) is 5.02 Å². The summed E-state index contributed by atoms with van der Waals surface area (Å²) >= 11 is 6.00. The molecule has 1 aromatic carbocycles. The van der Waals surface area contributed by atoms with Crippen molar-refractivity contribution in [2.75, 3.05) is 63.9 Å². The zero-order valence-electron chi connectivity index (χ0n) is 17.9. The normalized spacial score (nSPS) is 15.1. The molecular weight excluding hydrogens is 404 g/mol. The van der Waals surface area contributed by atoms with Crippen LogP contribution in [0.1, 0.15) is 32.1 Å². The number of nitrogens with zero attached hydrogens (tertiary/aromatic N) is 4. The van der Waals surface area contributed by atoms with Crippen molar-refractivity contribution in [1.82, 2.24) is 9.80 Å². The van der Waals surface area contributed by atoms with Gasteiger partial charge in [-0.2, -0.15) is 0 Å². The SMILES string of the molecule is C=CCN(CCCN1CCN(CCCCCCO[N+](=O)[O-])CC1)c1ccc(Cl)cc1. The summed E-state index contributed by atoms with van der Waals surface area (Å²) in [6.45, 7) is 12.7. The highest BCUT2D eigenvalue weighted by Gasteiger charge is 2.16. The van der Waals surface area contributed by atoms with Gasteiger partial charge in [-0.25, -0.2) is 0 Å². The van der Waals surface area contributed by atoms with E-state index in [0.717, 1.165) is 89.5 Å². The molecule has 1 fully saturated rings. The maximum absolute atomic E-state index is 10.1. The molecule has 0 N–H and O–H groups in total. The van der Waals surface area contributed by atoms with E-state index in [1.54, 1.807) is 0 Å². The lowest BCUT2D eigenvalue weighted by molar-refractivity contribution is -0.757. The molecule has 1 heterocycles. The molecule has 1 aromatic rings. The van der Waals surface area contributed by atoms with Gasteiger partial charge in [0.05, 0.1) is 6.61 Å². The summed E-state index contributed by atoms with van der Waals surface area (Å²) in [5.41, 5.74) is 1.19. The Hall–Kier alpha value is -1.83. The Morgan fingerprint density at radius 2 is 1.63 bits per heavy atom. The molecule has 0 unspecified atom stereocenters. The van der Waals surface area contributed by atoms with E-state index in [1.807, 2.05) is 18.2 Å². The first-order valence-corrected chi connectivity index (χ1v) is 11.3. The number of halogens is 1. The molecule has 0 atom stereocenters. The summed E-state index contributed by atoms with van der Waals surface area (Å²) in [5, 5.41) is 10.1. The molecule has 30 heavy (non-hydrogen) atoms. The van der Waals surface area contributed by atoms with E-state index >= 15 is 0 Å². The standard InChI is InChI=1S/C22H35ClN4O3/c1-2-12-26(22-10-8-21(23)9-11-22)15-7-14-25-18-16-24(17-19-25)13-5-3-4-6-20-30-27(28)29/h2,8-11H,1,3-7,12-20H2. The molecule has 0 saturated carbocycles. The lowest BCUT2D eigenvalue weighted by atomic mass is 10.2. The summed E-state index contributed by atoms with van der Waals surface area (Å²) in [4.78, 5) is 21.8. The molecule has 1 saturated heterocycles. The molecule has 0 aromatic heterocycles. The first kappa shape index (κ1) is 24.4. The second kappa shape index (κ2) is 14.2. The molecule has 8 heteroatoms. The van der Waals surface area contributed by atoms with Crippen molar-refractivity contribution in [3.8, 4) is 0 Å². The molecule has 0 bridgehead atoms. The number of hydrogen-bond donors (Lipinski definition) is 0. The first-order valence-electron chi connectivity index (χ1n) is 10.9. The zero-order valence-corrected chi connectivity index (χ0v) is 18.6. The Bertz CT molecular complexity index is 621. The van der Waals surface area contributed by atoms with Crippen LogP contribution in [-0.4, -0.2) is 73.9 Å². The molecule has 0 spiro atoms. The fraction of sp³-hybridized carbons (Fsp3) is 0.636. The second-order valence-electron chi connectivity index (χ2n) is 7.72. The highest BCUT2D eigenvalue weighted by atomic mass is 35.5.